The molecule has 66 valence electrons. The molecule has 0 fully saturated rings. The fourth-order valence-electron chi connectivity index (χ4n) is 1.14. The molecule has 0 aliphatic heterocycles. The van der Waals surface area contributed by atoms with Crippen molar-refractivity contribution in [3.05, 3.63) is 39.2 Å². The van der Waals surface area contributed by atoms with Crippen LogP contribution >= 0.6 is 11.3 Å². The predicted octanol–water partition coefficient (Wildman–Crippen LogP) is 0.289. The van der Waals surface area contributed by atoms with Gasteiger partial charge in [0.15, 0.2) is 0 Å². The van der Waals surface area contributed by atoms with Gasteiger partial charge in [0.1, 0.15) is 5.01 Å². The van der Waals surface area contributed by atoms with Crippen LogP contribution in [0.15, 0.2) is 24.3 Å². The van der Waals surface area contributed by atoms with Gasteiger partial charge in [-0.25, -0.2) is 4.98 Å². The van der Waals surface area contributed by atoms with Gasteiger partial charge in [-0.1, -0.05) is 24.3 Å². The Labute approximate surface area is 80.4 Å². The lowest BCUT2D eigenvalue weighted by Crippen LogP contribution is -2.20. The normalized spacial score (nSPS) is 24.1. The van der Waals surface area contributed by atoms with Crippen LogP contribution in [0.2, 0.25) is 0 Å². The zero-order chi connectivity index (χ0) is 9.10. The van der Waals surface area contributed by atoms with Gasteiger partial charge in [0.2, 0.25) is 0 Å². The maximum absolute atomic E-state index is 5.52. The summed E-state index contributed by atoms with van der Waals surface area (Å²) in [6.07, 6.45) is 12.1. The molecule has 1 aliphatic rings. The van der Waals surface area contributed by atoms with Crippen LogP contribution in [0.5, 0.6) is 0 Å². The molecule has 0 atom stereocenters. The smallest absolute Gasteiger partial charge is 0.107 e. The van der Waals surface area contributed by atoms with Crippen LogP contribution in [0, 0.1) is 0 Å². The van der Waals surface area contributed by atoms with E-state index in [1.54, 1.807) is 11.3 Å². The largest absolute Gasteiger partial charge is 0.325 e. The Morgan fingerprint density at radius 3 is 2.69 bits per heavy atom. The van der Waals surface area contributed by atoms with Gasteiger partial charge in [-0.15, -0.1) is 11.3 Å². The summed E-state index contributed by atoms with van der Waals surface area (Å²) in [6, 6.07) is 0. The molecule has 0 radical (unpaired) electrons. The summed E-state index contributed by atoms with van der Waals surface area (Å²) in [5.74, 6) is 0. The number of hydrogen-bond acceptors (Lipinski definition) is 3. The van der Waals surface area contributed by atoms with Crippen LogP contribution in [0.3, 0.4) is 0 Å². The number of nitrogens with two attached hydrogens (primary N) is 1. The van der Waals surface area contributed by atoms with Crippen molar-refractivity contribution in [3.8, 4) is 0 Å². The van der Waals surface area contributed by atoms with E-state index in [4.69, 9.17) is 5.73 Å². The standard InChI is InChI=1S/C10H10N2S/c11-7-10-12-8-5-3-1-2-4-6-9(8)13-10/h1-6H,7,11H2/b2-1?,3-1-,4-2-,5-3?,6-4?,8-5+,9-6+. The quantitative estimate of drug-likeness (QED) is 0.691. The zero-order valence-corrected chi connectivity index (χ0v) is 7.92. The minimum atomic E-state index is 0.521. The van der Waals surface area contributed by atoms with Crippen LogP contribution in [-0.4, -0.2) is 4.98 Å². The van der Waals surface area contributed by atoms with Crippen molar-refractivity contribution in [3.63, 3.8) is 0 Å². The highest BCUT2D eigenvalue weighted by Gasteiger charge is 1.96. The van der Waals surface area contributed by atoms with Crippen molar-refractivity contribution in [1.82, 2.24) is 4.98 Å². The highest BCUT2D eigenvalue weighted by molar-refractivity contribution is 7.09. The second-order valence-electron chi connectivity index (χ2n) is 2.66. The van der Waals surface area contributed by atoms with Crippen molar-refractivity contribution in [1.29, 1.82) is 0 Å². The first-order valence-corrected chi connectivity index (χ1v) is 4.93. The van der Waals surface area contributed by atoms with E-state index in [-0.39, 0.29) is 0 Å². The Bertz CT molecular complexity index is 424. The summed E-state index contributed by atoms with van der Waals surface area (Å²) in [5, 5.41) is 2.01. The molecule has 0 bridgehead atoms. The molecular weight excluding hydrogens is 180 g/mol. The Morgan fingerprint density at radius 1 is 1.15 bits per heavy atom. The van der Waals surface area contributed by atoms with Crippen molar-refractivity contribution in [2.24, 2.45) is 5.73 Å². The summed E-state index contributed by atoms with van der Waals surface area (Å²) < 4.78 is 1.18. The van der Waals surface area contributed by atoms with E-state index in [0.29, 0.717) is 6.54 Å². The molecular formula is C10H10N2S. The second-order valence-corrected chi connectivity index (χ2v) is 3.78. The monoisotopic (exact) mass is 190 g/mol. The summed E-state index contributed by atoms with van der Waals surface area (Å²) in [6.45, 7) is 0.521. The first-order chi connectivity index (χ1) is 6.40. The Morgan fingerprint density at radius 2 is 1.92 bits per heavy atom. The van der Waals surface area contributed by atoms with Gasteiger partial charge in [-0.3, -0.25) is 0 Å². The van der Waals surface area contributed by atoms with Gasteiger partial charge in [0.05, 0.1) is 9.88 Å². The molecule has 0 aromatic carbocycles. The lowest BCUT2D eigenvalue weighted by atomic mass is 10.3. The molecule has 1 aliphatic carbocycles. The van der Waals surface area contributed by atoms with Gasteiger partial charge >= 0.3 is 0 Å². The van der Waals surface area contributed by atoms with Crippen molar-refractivity contribution in [2.75, 3.05) is 0 Å². The van der Waals surface area contributed by atoms with Gasteiger partial charge in [0.25, 0.3) is 0 Å². The molecule has 0 amide bonds. The summed E-state index contributed by atoms with van der Waals surface area (Å²) in [7, 11) is 0. The van der Waals surface area contributed by atoms with E-state index in [0.717, 1.165) is 10.4 Å². The van der Waals surface area contributed by atoms with Gasteiger partial charge in [-0.05, 0) is 12.2 Å². The van der Waals surface area contributed by atoms with Crippen molar-refractivity contribution in [2.45, 2.75) is 6.54 Å². The third kappa shape index (κ3) is 1.76. The highest BCUT2D eigenvalue weighted by Crippen LogP contribution is 1.94. The maximum atomic E-state index is 5.52. The molecule has 0 spiro atoms. The van der Waals surface area contributed by atoms with Crippen LogP contribution in [0.25, 0.3) is 12.2 Å². The third-order valence-corrected chi connectivity index (χ3v) is 2.79. The highest BCUT2D eigenvalue weighted by atomic mass is 32.1. The molecule has 0 unspecified atom stereocenters. The Hall–Kier alpha value is -1.19. The third-order valence-electron chi connectivity index (χ3n) is 1.74. The number of fused-ring (bicyclic) bond motifs is 1. The molecule has 0 saturated carbocycles. The summed E-state index contributed by atoms with van der Waals surface area (Å²) in [4.78, 5) is 4.39. The fourth-order valence-corrected chi connectivity index (χ4v) is 1.98. The van der Waals surface area contributed by atoms with Gasteiger partial charge in [0, 0.05) is 6.54 Å². The lowest BCUT2D eigenvalue weighted by Gasteiger charge is -1.79. The molecule has 3 heteroatoms. The molecule has 1 aromatic heterocycles. The maximum Gasteiger partial charge on any atom is 0.107 e. The minimum Gasteiger partial charge on any atom is -0.325 e. The summed E-state index contributed by atoms with van der Waals surface area (Å²) >= 11 is 1.65. The molecule has 2 nitrogen and oxygen atoms in total. The molecule has 13 heavy (non-hydrogen) atoms. The second kappa shape index (κ2) is 3.68. The van der Waals surface area contributed by atoms with E-state index in [2.05, 4.69) is 11.1 Å². The number of aromatic nitrogens is 1. The van der Waals surface area contributed by atoms with E-state index < -0.39 is 0 Å². The number of rotatable bonds is 1. The van der Waals surface area contributed by atoms with Gasteiger partial charge < -0.3 is 5.73 Å². The summed E-state index contributed by atoms with van der Waals surface area (Å²) in [5.41, 5.74) is 5.52. The predicted molar refractivity (Wildman–Crippen MR) is 56.5 cm³/mol. The Kier molecular flexibility index (Phi) is 2.38. The average Bonchev–Trinajstić information content (AvgIpc) is 2.47. The Balaban J connectivity index is 2.68. The number of thiazole rings is 1. The molecule has 2 rings (SSSR count). The van der Waals surface area contributed by atoms with Crippen LogP contribution in [0.1, 0.15) is 5.01 Å². The van der Waals surface area contributed by atoms with E-state index >= 15 is 0 Å². The zero-order valence-electron chi connectivity index (χ0n) is 7.10. The fraction of sp³-hybridized carbons (Fsp3) is 0.100. The van der Waals surface area contributed by atoms with E-state index in [1.165, 1.54) is 4.53 Å². The van der Waals surface area contributed by atoms with Gasteiger partial charge in [-0.2, -0.15) is 0 Å². The van der Waals surface area contributed by atoms with Crippen molar-refractivity contribution >= 4 is 23.5 Å². The van der Waals surface area contributed by atoms with Crippen LogP contribution < -0.4 is 15.6 Å². The van der Waals surface area contributed by atoms with Crippen LogP contribution in [0.4, 0.5) is 0 Å². The first kappa shape index (κ1) is 8.41. The minimum absolute atomic E-state index is 0.521. The number of nitrogens with zero attached hydrogens (tertiary/aromatic N) is 1. The van der Waals surface area contributed by atoms with Crippen LogP contribution in [-0.2, 0) is 6.54 Å². The lowest BCUT2D eigenvalue weighted by molar-refractivity contribution is 1.03. The molecule has 2 N–H and O–H groups in total. The topological polar surface area (TPSA) is 38.9 Å². The van der Waals surface area contributed by atoms with E-state index in [1.807, 2.05) is 30.4 Å². The first-order valence-electron chi connectivity index (χ1n) is 4.11. The number of hydrogen-bond donors (Lipinski definition) is 1. The average molecular weight is 190 g/mol. The van der Waals surface area contributed by atoms with E-state index in [9.17, 15) is 0 Å². The SMILES string of the molecule is NCc1nc2/c(s1)=C\C=C/C=C\C=2. The molecule has 0 saturated heterocycles. The molecule has 1 aromatic rings. The van der Waals surface area contributed by atoms with Crippen molar-refractivity contribution < 1.29 is 0 Å². The number of allylic oxidation sites excluding steroid dienone is 4. The molecule has 1 heterocycles.